The third-order valence-electron chi connectivity index (χ3n) is 5.97. The zero-order valence-electron chi connectivity index (χ0n) is 19.4. The molecule has 1 aliphatic heterocycles. The van der Waals surface area contributed by atoms with Gasteiger partial charge in [0.15, 0.2) is 0 Å². The van der Waals surface area contributed by atoms with Crippen molar-refractivity contribution in [2.24, 2.45) is 0 Å². The molecular formula is C24H21F2N9O2. The van der Waals surface area contributed by atoms with Crippen LogP contribution in [0.25, 0.3) is 22.6 Å². The molecule has 2 amide bonds. The Morgan fingerprint density at radius 1 is 1.19 bits per heavy atom. The number of likely N-dealkylation sites (tertiary alicyclic amines) is 1. The van der Waals surface area contributed by atoms with Crippen molar-refractivity contribution < 1.29 is 18.4 Å². The van der Waals surface area contributed by atoms with Crippen molar-refractivity contribution in [1.82, 2.24) is 40.1 Å². The van der Waals surface area contributed by atoms with E-state index in [1.807, 2.05) is 0 Å². The number of carbonyl (C=O) groups excluding carboxylic acids is 2. The summed E-state index contributed by atoms with van der Waals surface area (Å²) in [7, 11) is 0. The van der Waals surface area contributed by atoms with Crippen LogP contribution in [-0.2, 0) is 4.79 Å². The average molecular weight is 505 g/mol. The number of hydrogen-bond donors (Lipinski definition) is 2. The number of carbonyl (C=O) groups is 2. The summed E-state index contributed by atoms with van der Waals surface area (Å²) in [4.78, 5) is 34.5. The lowest BCUT2D eigenvalue weighted by molar-refractivity contribution is -0.139. The third kappa shape index (κ3) is 4.96. The Labute approximate surface area is 209 Å². The highest BCUT2D eigenvalue weighted by molar-refractivity contribution is 6.02. The molecule has 4 aromatic rings. The number of aromatic nitrogens is 7. The molecule has 0 bridgehead atoms. The first-order valence-corrected chi connectivity index (χ1v) is 11.3. The van der Waals surface area contributed by atoms with E-state index in [1.165, 1.54) is 17.3 Å². The molecule has 0 aliphatic carbocycles. The van der Waals surface area contributed by atoms with Gasteiger partial charge in [-0.2, -0.15) is 5.10 Å². The van der Waals surface area contributed by atoms with Crippen molar-refractivity contribution in [3.8, 4) is 22.6 Å². The van der Waals surface area contributed by atoms with Crippen LogP contribution in [0.15, 0.2) is 67.6 Å². The molecule has 1 atom stereocenters. The number of aromatic amines is 1. The van der Waals surface area contributed by atoms with Crippen molar-refractivity contribution in [1.29, 1.82) is 0 Å². The van der Waals surface area contributed by atoms with E-state index in [-0.39, 0.29) is 24.6 Å². The van der Waals surface area contributed by atoms with Gasteiger partial charge >= 0.3 is 0 Å². The van der Waals surface area contributed by atoms with Crippen molar-refractivity contribution in [2.75, 3.05) is 18.4 Å². The Hall–Kier alpha value is -4.81. The van der Waals surface area contributed by atoms with Crippen molar-refractivity contribution in [3.05, 3.63) is 73.3 Å². The topological polar surface area (TPSA) is 135 Å². The van der Waals surface area contributed by atoms with Gasteiger partial charge in [0.1, 0.15) is 23.2 Å². The van der Waals surface area contributed by atoms with Gasteiger partial charge in [0.2, 0.25) is 5.91 Å². The third-order valence-corrected chi connectivity index (χ3v) is 5.97. The van der Waals surface area contributed by atoms with E-state index in [4.69, 9.17) is 0 Å². The lowest BCUT2D eigenvalue weighted by Gasteiger charge is -2.37. The molecule has 2 N–H and O–H groups in total. The highest BCUT2D eigenvalue weighted by atomic mass is 19.3. The molecule has 0 aromatic carbocycles. The monoisotopic (exact) mass is 505 g/mol. The molecule has 188 valence electrons. The lowest BCUT2D eigenvalue weighted by Crippen LogP contribution is -2.49. The zero-order valence-corrected chi connectivity index (χ0v) is 19.4. The van der Waals surface area contributed by atoms with Crippen LogP contribution in [0.2, 0.25) is 0 Å². The Morgan fingerprint density at radius 2 is 2.05 bits per heavy atom. The molecule has 0 spiro atoms. The second kappa shape index (κ2) is 9.68. The summed E-state index contributed by atoms with van der Waals surface area (Å²) in [5.74, 6) is -3.65. The van der Waals surface area contributed by atoms with E-state index in [9.17, 15) is 18.4 Å². The molecule has 4 aromatic heterocycles. The number of anilines is 1. The van der Waals surface area contributed by atoms with Gasteiger partial charge in [0, 0.05) is 37.5 Å². The van der Waals surface area contributed by atoms with Gasteiger partial charge in [-0.3, -0.25) is 14.7 Å². The Morgan fingerprint density at radius 3 is 2.78 bits per heavy atom. The van der Waals surface area contributed by atoms with Gasteiger partial charge in [0.25, 0.3) is 11.8 Å². The van der Waals surface area contributed by atoms with Crippen molar-refractivity contribution in [2.45, 2.75) is 18.4 Å². The molecule has 1 fully saturated rings. The van der Waals surface area contributed by atoms with Crippen LogP contribution in [0.4, 0.5) is 14.6 Å². The number of halogens is 2. The molecule has 0 saturated carbocycles. The standard InChI is InChI=1S/C24H21F2N9O2/c1-2-22(36)34-11-9-24(25,26)20(14-34)35-13-19(32-33-35)15-6-7-21(27-12-15)30-23(37)18-5-3-4-16(29-18)17-8-10-28-31-17/h2-8,10,12-13,20H,1,9,11,14H2,(H,28,31)(H,27,30,37)/t20-/m1/s1. The number of hydrogen-bond acceptors (Lipinski definition) is 7. The molecule has 5 rings (SSSR count). The van der Waals surface area contributed by atoms with Crippen molar-refractivity contribution >= 4 is 17.6 Å². The van der Waals surface area contributed by atoms with E-state index in [0.29, 0.717) is 22.6 Å². The van der Waals surface area contributed by atoms with Gasteiger partial charge < -0.3 is 10.2 Å². The molecule has 1 aliphatic rings. The van der Waals surface area contributed by atoms with Crippen LogP contribution >= 0.6 is 0 Å². The first-order chi connectivity index (χ1) is 17.8. The second-order valence-corrected chi connectivity index (χ2v) is 8.36. The van der Waals surface area contributed by atoms with E-state index in [2.05, 4.69) is 42.4 Å². The molecule has 0 unspecified atom stereocenters. The lowest BCUT2D eigenvalue weighted by atomic mass is 10.0. The minimum atomic E-state index is -3.06. The Kier molecular flexibility index (Phi) is 6.26. The van der Waals surface area contributed by atoms with Crippen LogP contribution in [0.5, 0.6) is 0 Å². The first-order valence-electron chi connectivity index (χ1n) is 11.3. The van der Waals surface area contributed by atoms with E-state index in [0.717, 1.165) is 10.8 Å². The highest BCUT2D eigenvalue weighted by Gasteiger charge is 2.46. The minimum Gasteiger partial charge on any atom is -0.337 e. The summed E-state index contributed by atoms with van der Waals surface area (Å²) in [6.45, 7) is 3.15. The maximum Gasteiger partial charge on any atom is 0.275 e. The molecular weight excluding hydrogens is 484 g/mol. The van der Waals surface area contributed by atoms with Gasteiger partial charge in [-0.05, 0) is 36.4 Å². The second-order valence-electron chi connectivity index (χ2n) is 8.36. The van der Waals surface area contributed by atoms with Crippen LogP contribution in [0, 0.1) is 0 Å². The number of nitrogens with zero attached hydrogens (tertiary/aromatic N) is 7. The smallest absolute Gasteiger partial charge is 0.275 e. The highest BCUT2D eigenvalue weighted by Crippen LogP contribution is 2.37. The number of H-pyrrole nitrogens is 1. The van der Waals surface area contributed by atoms with Gasteiger partial charge in [-0.15, -0.1) is 5.10 Å². The van der Waals surface area contributed by atoms with Gasteiger partial charge in [0.05, 0.1) is 17.6 Å². The maximum absolute atomic E-state index is 14.6. The Bertz CT molecular complexity index is 1430. The fourth-order valence-electron chi connectivity index (χ4n) is 3.96. The predicted octanol–water partition coefficient (Wildman–Crippen LogP) is 2.97. The summed E-state index contributed by atoms with van der Waals surface area (Å²) in [5, 5.41) is 17.2. The SMILES string of the molecule is C=CC(=O)N1CCC(F)(F)[C@H](n2cc(-c3ccc(NC(=O)c4cccc(-c5ccn[nH]5)n4)nc3)nn2)C1. The fourth-order valence-corrected chi connectivity index (χ4v) is 3.96. The summed E-state index contributed by atoms with van der Waals surface area (Å²) < 4.78 is 30.3. The first kappa shape index (κ1) is 23.9. The van der Waals surface area contributed by atoms with E-state index >= 15 is 0 Å². The number of rotatable bonds is 6. The van der Waals surface area contributed by atoms with Gasteiger partial charge in [-0.25, -0.2) is 23.4 Å². The molecule has 11 nitrogen and oxygen atoms in total. The fraction of sp³-hybridized carbons (Fsp3) is 0.208. The molecule has 5 heterocycles. The Balaban J connectivity index is 1.28. The summed E-state index contributed by atoms with van der Waals surface area (Å²) in [5.41, 5.74) is 2.27. The van der Waals surface area contributed by atoms with Crippen LogP contribution in [0.1, 0.15) is 23.0 Å². The van der Waals surface area contributed by atoms with Crippen LogP contribution in [0.3, 0.4) is 0 Å². The van der Waals surface area contributed by atoms with E-state index in [1.54, 1.807) is 42.6 Å². The maximum atomic E-state index is 14.6. The molecule has 37 heavy (non-hydrogen) atoms. The number of alkyl halides is 2. The van der Waals surface area contributed by atoms with Crippen LogP contribution < -0.4 is 5.32 Å². The van der Waals surface area contributed by atoms with E-state index < -0.39 is 30.2 Å². The number of pyridine rings is 2. The summed E-state index contributed by atoms with van der Waals surface area (Å²) in [6.07, 6.45) is 5.05. The quantitative estimate of drug-likeness (QED) is 0.385. The molecule has 0 radical (unpaired) electrons. The number of amides is 2. The minimum absolute atomic E-state index is 0.0595. The van der Waals surface area contributed by atoms with Crippen molar-refractivity contribution in [3.63, 3.8) is 0 Å². The van der Waals surface area contributed by atoms with Gasteiger partial charge in [-0.1, -0.05) is 17.9 Å². The summed E-state index contributed by atoms with van der Waals surface area (Å²) in [6, 6.07) is 8.62. The number of nitrogens with one attached hydrogen (secondary N) is 2. The normalized spacial score (nSPS) is 16.8. The predicted molar refractivity (Wildman–Crippen MR) is 128 cm³/mol. The largest absolute Gasteiger partial charge is 0.337 e. The zero-order chi connectivity index (χ0) is 26.0. The average Bonchev–Trinajstić information content (AvgIpc) is 3.62. The summed E-state index contributed by atoms with van der Waals surface area (Å²) >= 11 is 0. The van der Waals surface area contributed by atoms with Crippen LogP contribution in [-0.4, -0.2) is 70.9 Å². The number of piperidine rings is 1. The molecule has 1 saturated heterocycles. The molecule has 13 heteroatoms.